The molecule has 0 saturated heterocycles. The first-order chi connectivity index (χ1) is 15.3. The zero-order chi connectivity index (χ0) is 21.0. The van der Waals surface area contributed by atoms with Crippen LogP contribution in [0, 0.1) is 0 Å². The van der Waals surface area contributed by atoms with Crippen LogP contribution < -0.4 is 0 Å². The summed E-state index contributed by atoms with van der Waals surface area (Å²) in [5.74, 6) is 1.64. The van der Waals surface area contributed by atoms with Gasteiger partial charge in [0.25, 0.3) is 0 Å². The van der Waals surface area contributed by atoms with Crippen molar-refractivity contribution in [1.82, 2.24) is 0 Å². The third-order valence-corrected chi connectivity index (χ3v) is 5.38. The van der Waals surface area contributed by atoms with Crippen molar-refractivity contribution < 1.29 is 9.21 Å². The second-order valence-corrected chi connectivity index (χ2v) is 7.37. The molecule has 1 aromatic heterocycles. The summed E-state index contributed by atoms with van der Waals surface area (Å²) in [5.41, 5.74) is 6.85. The lowest BCUT2D eigenvalue weighted by Gasteiger charge is -2.08. The molecule has 5 rings (SSSR count). The molecule has 5 aromatic rings. The van der Waals surface area contributed by atoms with Crippen LogP contribution in [0.1, 0.15) is 17.8 Å². The van der Waals surface area contributed by atoms with Crippen LogP contribution in [0.15, 0.2) is 120 Å². The normalized spacial score (nSPS) is 10.4. The molecule has 2 nitrogen and oxygen atoms in total. The maximum atomic E-state index is 11.3. The SMILES string of the molecule is C.O=Cc1cccc(-c2ccccc2-c2cc(-c3ccccc3)c(-c3ccccc3)o2)c1. The second kappa shape index (κ2) is 9.32. The average Bonchev–Trinajstić information content (AvgIpc) is 3.31. The minimum absolute atomic E-state index is 0. The van der Waals surface area contributed by atoms with Crippen molar-refractivity contribution in [2.45, 2.75) is 7.43 Å². The van der Waals surface area contributed by atoms with E-state index in [4.69, 9.17) is 4.42 Å². The number of carbonyl (C=O) groups is 1. The zero-order valence-electron chi connectivity index (χ0n) is 16.9. The number of aldehydes is 1. The molecule has 0 aliphatic carbocycles. The highest BCUT2D eigenvalue weighted by molar-refractivity contribution is 5.89. The van der Waals surface area contributed by atoms with Crippen LogP contribution in [0.2, 0.25) is 0 Å². The first-order valence-electron chi connectivity index (χ1n) is 10.2. The van der Waals surface area contributed by atoms with Gasteiger partial charge >= 0.3 is 0 Å². The highest BCUT2D eigenvalue weighted by Gasteiger charge is 2.18. The van der Waals surface area contributed by atoms with E-state index in [-0.39, 0.29) is 7.43 Å². The van der Waals surface area contributed by atoms with Crippen LogP contribution in [0.3, 0.4) is 0 Å². The number of hydrogen-bond acceptors (Lipinski definition) is 2. The average molecular weight is 417 g/mol. The van der Waals surface area contributed by atoms with Gasteiger partial charge in [0.2, 0.25) is 0 Å². The topological polar surface area (TPSA) is 30.2 Å². The van der Waals surface area contributed by atoms with Gasteiger partial charge in [-0.25, -0.2) is 0 Å². The largest absolute Gasteiger partial charge is 0.455 e. The van der Waals surface area contributed by atoms with Crippen LogP contribution in [-0.4, -0.2) is 6.29 Å². The van der Waals surface area contributed by atoms with Gasteiger partial charge in [-0.3, -0.25) is 4.79 Å². The first-order valence-corrected chi connectivity index (χ1v) is 10.2. The molecule has 0 radical (unpaired) electrons. The Kier molecular flexibility index (Phi) is 6.14. The van der Waals surface area contributed by atoms with E-state index >= 15 is 0 Å². The molecule has 0 aliphatic heterocycles. The molecule has 32 heavy (non-hydrogen) atoms. The molecular formula is C30H24O2. The molecular weight excluding hydrogens is 392 g/mol. The fourth-order valence-corrected chi connectivity index (χ4v) is 3.89. The molecule has 2 heteroatoms. The van der Waals surface area contributed by atoms with E-state index in [9.17, 15) is 4.79 Å². The molecule has 0 spiro atoms. The smallest absolute Gasteiger partial charge is 0.150 e. The van der Waals surface area contributed by atoms with Gasteiger partial charge in [-0.2, -0.15) is 0 Å². The van der Waals surface area contributed by atoms with Crippen molar-refractivity contribution in [3.05, 3.63) is 121 Å². The fourth-order valence-electron chi connectivity index (χ4n) is 3.89. The molecule has 156 valence electrons. The van der Waals surface area contributed by atoms with Crippen molar-refractivity contribution in [3.8, 4) is 44.9 Å². The summed E-state index contributed by atoms with van der Waals surface area (Å²) in [4.78, 5) is 11.3. The van der Waals surface area contributed by atoms with Crippen LogP contribution in [0.25, 0.3) is 44.9 Å². The third kappa shape index (κ3) is 4.03. The molecule has 0 unspecified atom stereocenters. The third-order valence-electron chi connectivity index (χ3n) is 5.38. The monoisotopic (exact) mass is 416 g/mol. The standard InChI is InChI=1S/C29H20O2.CH4/c30-20-21-10-9-15-24(18-21)25-16-7-8-17-26(25)28-19-27(22-11-3-1-4-12-22)29(31-28)23-13-5-2-6-14-23;/h1-20H;1H4. The molecule has 0 saturated carbocycles. The lowest BCUT2D eigenvalue weighted by atomic mass is 9.96. The van der Waals surface area contributed by atoms with Gasteiger partial charge in [0.05, 0.1) is 0 Å². The lowest BCUT2D eigenvalue weighted by molar-refractivity contribution is 0.112. The summed E-state index contributed by atoms with van der Waals surface area (Å²) in [5, 5.41) is 0. The summed E-state index contributed by atoms with van der Waals surface area (Å²) in [6.07, 6.45) is 0.875. The Morgan fingerprint density at radius 1 is 0.531 bits per heavy atom. The molecule has 0 fully saturated rings. The quantitative estimate of drug-likeness (QED) is 0.269. The van der Waals surface area contributed by atoms with E-state index in [2.05, 4.69) is 42.5 Å². The lowest BCUT2D eigenvalue weighted by Crippen LogP contribution is -1.86. The van der Waals surface area contributed by atoms with Gasteiger partial charge in [0, 0.05) is 22.3 Å². The zero-order valence-corrected chi connectivity index (χ0v) is 16.9. The highest BCUT2D eigenvalue weighted by atomic mass is 16.3. The van der Waals surface area contributed by atoms with E-state index < -0.39 is 0 Å². The summed E-state index contributed by atoms with van der Waals surface area (Å²) in [6, 6.07) is 38.3. The van der Waals surface area contributed by atoms with Crippen molar-refractivity contribution in [3.63, 3.8) is 0 Å². The van der Waals surface area contributed by atoms with Crippen molar-refractivity contribution in [2.24, 2.45) is 0 Å². The van der Waals surface area contributed by atoms with Gasteiger partial charge < -0.3 is 4.42 Å². The van der Waals surface area contributed by atoms with Crippen molar-refractivity contribution >= 4 is 6.29 Å². The van der Waals surface area contributed by atoms with Crippen molar-refractivity contribution in [1.29, 1.82) is 0 Å². The minimum Gasteiger partial charge on any atom is -0.455 e. The number of carbonyl (C=O) groups excluding carboxylic acids is 1. The Morgan fingerprint density at radius 3 is 1.81 bits per heavy atom. The summed E-state index contributed by atoms with van der Waals surface area (Å²) in [7, 11) is 0. The highest BCUT2D eigenvalue weighted by Crippen LogP contribution is 2.41. The Labute approximate surface area is 188 Å². The van der Waals surface area contributed by atoms with Gasteiger partial charge in [-0.15, -0.1) is 0 Å². The molecule has 0 bridgehead atoms. The summed E-state index contributed by atoms with van der Waals surface area (Å²) < 4.78 is 6.49. The molecule has 1 heterocycles. The van der Waals surface area contributed by atoms with Gasteiger partial charge in [-0.1, -0.05) is 111 Å². The first kappa shape index (κ1) is 21.1. The predicted molar refractivity (Wildman–Crippen MR) is 133 cm³/mol. The Morgan fingerprint density at radius 2 is 1.12 bits per heavy atom. The molecule has 0 amide bonds. The maximum Gasteiger partial charge on any atom is 0.150 e. The molecule has 4 aromatic carbocycles. The van der Waals surface area contributed by atoms with E-state index in [0.29, 0.717) is 5.56 Å². The van der Waals surface area contributed by atoms with Crippen LogP contribution in [0.5, 0.6) is 0 Å². The molecule has 0 aliphatic rings. The molecule has 0 N–H and O–H groups in total. The summed E-state index contributed by atoms with van der Waals surface area (Å²) in [6.45, 7) is 0. The van der Waals surface area contributed by atoms with Crippen LogP contribution in [-0.2, 0) is 0 Å². The van der Waals surface area contributed by atoms with Crippen LogP contribution >= 0.6 is 0 Å². The number of rotatable bonds is 5. The second-order valence-electron chi connectivity index (χ2n) is 7.37. The Bertz CT molecular complexity index is 1270. The van der Waals surface area contributed by atoms with Gasteiger partial charge in [-0.05, 0) is 28.8 Å². The van der Waals surface area contributed by atoms with Gasteiger partial charge in [0.1, 0.15) is 17.8 Å². The van der Waals surface area contributed by atoms with Crippen LogP contribution in [0.4, 0.5) is 0 Å². The number of hydrogen-bond donors (Lipinski definition) is 0. The summed E-state index contributed by atoms with van der Waals surface area (Å²) >= 11 is 0. The number of benzene rings is 4. The minimum atomic E-state index is 0. The van der Waals surface area contributed by atoms with E-state index in [1.807, 2.05) is 72.8 Å². The Balaban J connectivity index is 0.00000245. The number of furan rings is 1. The van der Waals surface area contributed by atoms with E-state index in [0.717, 1.165) is 51.2 Å². The Hall–Kier alpha value is -4.17. The fraction of sp³-hybridized carbons (Fsp3) is 0.0333. The molecule has 0 atom stereocenters. The van der Waals surface area contributed by atoms with Gasteiger partial charge in [0.15, 0.2) is 0 Å². The van der Waals surface area contributed by atoms with E-state index in [1.165, 1.54) is 0 Å². The van der Waals surface area contributed by atoms with Crippen molar-refractivity contribution in [2.75, 3.05) is 0 Å². The van der Waals surface area contributed by atoms with E-state index in [1.54, 1.807) is 0 Å². The predicted octanol–water partition coefficient (Wildman–Crippen LogP) is 8.40. The maximum absolute atomic E-state index is 11.3.